The third-order valence-corrected chi connectivity index (χ3v) is 14.9. The minimum atomic E-state index is -3.18. The fourth-order valence-corrected chi connectivity index (χ4v) is 12.0. The van der Waals surface area contributed by atoms with E-state index in [1.165, 1.54) is 0 Å². The number of fused-ring (bicyclic) bond motifs is 3. The number of amides is 4. The number of nitrogens with zero attached hydrogens (tertiary/aromatic N) is 2. The summed E-state index contributed by atoms with van der Waals surface area (Å²) in [4.78, 5) is 71.5. The molecule has 8 rings (SSSR count). The number of hydrogen-bond acceptors (Lipinski definition) is 9. The number of aliphatic hydroxyl groups is 1. The Morgan fingerprint density at radius 2 is 1.43 bits per heavy atom. The number of carbonyl (C=O) groups excluding carboxylic acids is 4. The predicted molar refractivity (Wildman–Crippen MR) is 237 cm³/mol. The lowest BCUT2D eigenvalue weighted by Gasteiger charge is -2.37. The van der Waals surface area contributed by atoms with E-state index in [1.54, 1.807) is 108 Å². The van der Waals surface area contributed by atoms with Crippen LogP contribution in [0.1, 0.15) is 56.3 Å². The van der Waals surface area contributed by atoms with Gasteiger partial charge in [-0.15, -0.1) is 0 Å². The molecule has 5 aromatic rings. The van der Waals surface area contributed by atoms with Crippen molar-refractivity contribution in [3.63, 3.8) is 0 Å². The normalized spacial score (nSPS) is 21.9. The summed E-state index contributed by atoms with van der Waals surface area (Å²) in [5.41, 5.74) is 16.2. The van der Waals surface area contributed by atoms with Crippen LogP contribution in [0.5, 0.6) is 0 Å². The van der Waals surface area contributed by atoms with Gasteiger partial charge in [0.1, 0.15) is 0 Å². The first-order valence-corrected chi connectivity index (χ1v) is 23.4. The van der Waals surface area contributed by atoms with Crippen molar-refractivity contribution in [2.75, 3.05) is 33.6 Å². The molecule has 1 fully saturated rings. The molecule has 0 unspecified atom stereocenters. The standard InChI is InChI=1S/C47H50N6O7Si/c1-28-43(61(2,3)59)41(24-42(55)52-26-33-9-5-4-8-32(33)22-38(52)27-54)60-47(28)39-23-37(51-45(57)31-13-17-35(49)18-14-31)19-20-40(39)53(46(47)58)25-29-7-6-10-36(21-29)50-44(56)30-11-15-34(48)16-12-30/h4-21,23,28,38,41,43,54,59H,22,24-27,48-49H2,1-3H3,(H,50,56)(H,51,57)/t28-,38-,41+,43-,47+/m0/s1. The van der Waals surface area contributed by atoms with Gasteiger partial charge >= 0.3 is 0 Å². The summed E-state index contributed by atoms with van der Waals surface area (Å²) in [7, 11) is -3.18. The van der Waals surface area contributed by atoms with Crippen LogP contribution in [0.4, 0.5) is 28.4 Å². The lowest BCUT2D eigenvalue weighted by atomic mass is 9.82. The van der Waals surface area contributed by atoms with Crippen molar-refractivity contribution >= 4 is 60.4 Å². The molecule has 0 bridgehead atoms. The number of ether oxygens (including phenoxy) is 1. The second-order valence-electron chi connectivity index (χ2n) is 16.9. The summed E-state index contributed by atoms with van der Waals surface area (Å²) in [6.45, 7) is 5.70. The minimum absolute atomic E-state index is 0.103. The van der Waals surface area contributed by atoms with Crippen LogP contribution in [0.3, 0.4) is 0 Å². The number of nitrogens with one attached hydrogen (secondary N) is 2. The second-order valence-corrected chi connectivity index (χ2v) is 20.8. The molecule has 13 nitrogen and oxygen atoms in total. The van der Waals surface area contributed by atoms with Crippen LogP contribution in [0.25, 0.3) is 0 Å². The molecular formula is C47H50N6O7Si. The van der Waals surface area contributed by atoms with Crippen LogP contribution in [0.2, 0.25) is 18.6 Å². The van der Waals surface area contributed by atoms with E-state index in [4.69, 9.17) is 16.2 Å². The smallest absolute Gasteiger partial charge is 0.264 e. The van der Waals surface area contributed by atoms with E-state index in [2.05, 4.69) is 10.6 Å². The number of nitrogen functional groups attached to an aromatic ring is 2. The molecule has 0 aromatic heterocycles. The van der Waals surface area contributed by atoms with Crippen LogP contribution in [-0.2, 0) is 39.4 Å². The third kappa shape index (κ3) is 7.90. The average Bonchev–Trinajstić information content (AvgIpc) is 3.66. The zero-order valence-corrected chi connectivity index (χ0v) is 35.3. The number of benzene rings is 5. The molecule has 3 heterocycles. The Labute approximate surface area is 355 Å². The molecule has 5 atom stereocenters. The first-order valence-electron chi connectivity index (χ1n) is 20.4. The zero-order chi connectivity index (χ0) is 43.2. The number of aliphatic hydroxyl groups excluding tert-OH is 1. The monoisotopic (exact) mass is 838 g/mol. The molecule has 0 saturated carbocycles. The number of anilines is 5. The molecule has 14 heteroatoms. The van der Waals surface area contributed by atoms with Gasteiger partial charge in [-0.2, -0.15) is 0 Å². The SMILES string of the molecule is C[C@H]1[C@H]([Si](C)(C)O)[C@@H](CC(=O)N2Cc3ccccc3C[C@H]2CO)O[C@]12C(=O)N(Cc1cccc(NC(=O)c3ccc(N)cc3)c1)c1ccc(NC(=O)c3ccc(N)cc3)cc12. The van der Waals surface area contributed by atoms with Crippen molar-refractivity contribution in [3.05, 3.63) is 149 Å². The maximum atomic E-state index is 15.3. The van der Waals surface area contributed by atoms with Crippen molar-refractivity contribution < 1.29 is 33.8 Å². The number of hydrogen-bond donors (Lipinski definition) is 6. The number of nitrogens with two attached hydrogens (primary N) is 2. The van der Waals surface area contributed by atoms with Gasteiger partial charge in [0, 0.05) is 57.4 Å². The van der Waals surface area contributed by atoms with Crippen molar-refractivity contribution in [2.24, 2.45) is 5.92 Å². The van der Waals surface area contributed by atoms with Crippen LogP contribution < -0.4 is 27.0 Å². The Balaban J connectivity index is 1.14. The van der Waals surface area contributed by atoms with Crippen molar-refractivity contribution in [1.82, 2.24) is 4.90 Å². The highest BCUT2D eigenvalue weighted by Crippen LogP contribution is 2.60. The Hall–Kier alpha value is -6.32. The molecular weight excluding hydrogens is 789 g/mol. The Bertz CT molecular complexity index is 2510. The number of rotatable bonds is 10. The highest BCUT2D eigenvalue weighted by molar-refractivity contribution is 6.71. The van der Waals surface area contributed by atoms with Gasteiger partial charge in [0.05, 0.1) is 37.4 Å². The average molecular weight is 839 g/mol. The summed E-state index contributed by atoms with van der Waals surface area (Å²) in [5, 5.41) is 16.3. The van der Waals surface area contributed by atoms with Crippen molar-refractivity contribution in [2.45, 2.75) is 69.2 Å². The maximum absolute atomic E-state index is 15.3. The summed E-state index contributed by atoms with van der Waals surface area (Å²) >= 11 is 0. The van der Waals surface area contributed by atoms with Crippen molar-refractivity contribution in [3.8, 4) is 0 Å². The van der Waals surface area contributed by atoms with Gasteiger partial charge in [-0.25, -0.2) is 0 Å². The first-order chi connectivity index (χ1) is 29.2. The van der Waals surface area contributed by atoms with E-state index in [1.807, 2.05) is 37.3 Å². The van der Waals surface area contributed by atoms with Gasteiger partial charge in [-0.1, -0.05) is 43.3 Å². The van der Waals surface area contributed by atoms with Crippen LogP contribution >= 0.6 is 0 Å². The molecule has 3 aliphatic rings. The summed E-state index contributed by atoms with van der Waals surface area (Å²) in [5.74, 6) is -1.90. The quantitative estimate of drug-likeness (QED) is 0.0717. The van der Waals surface area contributed by atoms with E-state index >= 15 is 4.79 Å². The molecule has 3 aliphatic heterocycles. The van der Waals surface area contributed by atoms with E-state index < -0.39 is 37.5 Å². The van der Waals surface area contributed by atoms with Crippen molar-refractivity contribution in [1.29, 1.82) is 0 Å². The van der Waals surface area contributed by atoms with Gasteiger partial charge in [-0.05, 0) is 115 Å². The molecule has 314 valence electrons. The molecule has 5 aromatic carbocycles. The fourth-order valence-electron chi connectivity index (χ4n) is 9.45. The largest absolute Gasteiger partial charge is 0.432 e. The van der Waals surface area contributed by atoms with E-state index in [0.717, 1.165) is 16.7 Å². The fraction of sp³-hybridized carbons (Fsp3) is 0.277. The summed E-state index contributed by atoms with van der Waals surface area (Å²) in [6, 6.07) is 33.0. The highest BCUT2D eigenvalue weighted by atomic mass is 28.4. The molecule has 8 N–H and O–H groups in total. The number of carbonyl (C=O) groups is 4. The van der Waals surface area contributed by atoms with Gasteiger partial charge in [0.25, 0.3) is 17.7 Å². The van der Waals surface area contributed by atoms with E-state index in [0.29, 0.717) is 58.1 Å². The molecule has 1 spiro atoms. The Morgan fingerprint density at radius 1 is 0.820 bits per heavy atom. The van der Waals surface area contributed by atoms with Crippen LogP contribution in [0, 0.1) is 5.92 Å². The molecule has 61 heavy (non-hydrogen) atoms. The van der Waals surface area contributed by atoms with Gasteiger partial charge < -0.3 is 46.5 Å². The topological polar surface area (TPSA) is 201 Å². The molecule has 0 aliphatic carbocycles. The lowest BCUT2D eigenvalue weighted by molar-refractivity contribution is -0.151. The predicted octanol–water partition coefficient (Wildman–Crippen LogP) is 6.04. The zero-order valence-electron chi connectivity index (χ0n) is 34.3. The maximum Gasteiger partial charge on any atom is 0.264 e. The summed E-state index contributed by atoms with van der Waals surface area (Å²) in [6.07, 6.45) is -0.452. The first kappa shape index (κ1) is 41.4. The second kappa shape index (κ2) is 16.3. The van der Waals surface area contributed by atoms with E-state index in [9.17, 15) is 24.3 Å². The lowest BCUT2D eigenvalue weighted by Crippen LogP contribution is -2.48. The Morgan fingerprint density at radius 3 is 2.03 bits per heavy atom. The minimum Gasteiger partial charge on any atom is -0.432 e. The van der Waals surface area contributed by atoms with Gasteiger partial charge in [0.15, 0.2) is 13.9 Å². The highest BCUT2D eigenvalue weighted by Gasteiger charge is 2.66. The van der Waals surface area contributed by atoms with Gasteiger partial charge in [-0.3, -0.25) is 19.2 Å². The van der Waals surface area contributed by atoms with Crippen LogP contribution in [-0.4, -0.2) is 65.5 Å². The molecule has 4 amide bonds. The third-order valence-electron chi connectivity index (χ3n) is 12.4. The Kier molecular flexibility index (Phi) is 11.0. The molecule has 0 radical (unpaired) electrons. The van der Waals surface area contributed by atoms with Crippen LogP contribution in [0.15, 0.2) is 115 Å². The molecule has 1 saturated heterocycles. The van der Waals surface area contributed by atoms with Gasteiger partial charge in [0.2, 0.25) is 5.91 Å². The van der Waals surface area contributed by atoms with E-state index in [-0.39, 0.29) is 43.2 Å². The summed E-state index contributed by atoms with van der Waals surface area (Å²) < 4.78 is 7.04.